The van der Waals surface area contributed by atoms with Gasteiger partial charge in [0.2, 0.25) is 0 Å². The van der Waals surface area contributed by atoms with E-state index in [4.69, 9.17) is 16.7 Å². The first kappa shape index (κ1) is 18.8. The Hall–Kier alpha value is -2.93. The number of carboxylic acid groups (broad SMARTS) is 1. The largest absolute Gasteiger partial charge is 0.465 e. The molecular weight excluding hydrogens is 378 g/mol. The molecule has 0 aliphatic carbocycles. The van der Waals surface area contributed by atoms with Crippen molar-refractivity contribution >= 4 is 34.9 Å². The van der Waals surface area contributed by atoms with Crippen LogP contribution in [0.3, 0.4) is 0 Å². The number of amides is 2. The van der Waals surface area contributed by atoms with Crippen LogP contribution in [0.5, 0.6) is 0 Å². The summed E-state index contributed by atoms with van der Waals surface area (Å²) in [7, 11) is 0. The molecule has 1 aliphatic rings. The van der Waals surface area contributed by atoms with Crippen LogP contribution < -0.4 is 5.32 Å². The summed E-state index contributed by atoms with van der Waals surface area (Å²) in [5.74, 6) is -2.79. The van der Waals surface area contributed by atoms with Gasteiger partial charge in [-0.3, -0.25) is 4.79 Å². The number of benzene rings is 2. The van der Waals surface area contributed by atoms with Gasteiger partial charge in [0.1, 0.15) is 17.2 Å². The molecule has 0 bridgehead atoms. The smallest absolute Gasteiger partial charge is 0.407 e. The molecule has 1 heterocycles. The molecule has 2 N–H and O–H groups in total. The van der Waals surface area contributed by atoms with Crippen molar-refractivity contribution in [3.8, 4) is 0 Å². The highest BCUT2D eigenvalue weighted by Crippen LogP contribution is 2.30. The minimum absolute atomic E-state index is 0.167. The van der Waals surface area contributed by atoms with Crippen LogP contribution in [0.25, 0.3) is 5.57 Å². The van der Waals surface area contributed by atoms with E-state index in [0.29, 0.717) is 34.8 Å². The molecule has 0 unspecified atom stereocenters. The molecule has 27 heavy (non-hydrogen) atoms. The van der Waals surface area contributed by atoms with E-state index in [1.807, 2.05) is 0 Å². The van der Waals surface area contributed by atoms with Crippen LogP contribution in [-0.2, 0) is 0 Å². The molecule has 0 fully saturated rings. The van der Waals surface area contributed by atoms with Crippen LogP contribution in [0.1, 0.15) is 22.3 Å². The van der Waals surface area contributed by atoms with Crippen LogP contribution in [0, 0.1) is 11.6 Å². The fraction of sp³-hybridized carbons (Fsp3) is 0.158. The fourth-order valence-electron chi connectivity index (χ4n) is 2.81. The van der Waals surface area contributed by atoms with Crippen LogP contribution in [-0.4, -0.2) is 35.1 Å². The Morgan fingerprint density at radius 1 is 1.07 bits per heavy atom. The van der Waals surface area contributed by atoms with Crippen molar-refractivity contribution in [3.05, 3.63) is 70.3 Å². The van der Waals surface area contributed by atoms with Gasteiger partial charge in [-0.05, 0) is 35.4 Å². The van der Waals surface area contributed by atoms with Crippen molar-refractivity contribution in [1.29, 1.82) is 0 Å². The quantitative estimate of drug-likeness (QED) is 0.805. The standard InChI is InChI=1S/C19H15ClF2N2O3/c20-14-8-9-24(19(26)27)10-13(14)11-4-6-12(7-5-11)23-18(25)17-15(21)2-1-3-16(17)22/h1-7H,8-10H2,(H,23,25)(H,26,27). The zero-order chi connectivity index (χ0) is 19.6. The van der Waals surface area contributed by atoms with Crippen LogP contribution in [0.2, 0.25) is 0 Å². The van der Waals surface area contributed by atoms with Crippen molar-refractivity contribution in [2.24, 2.45) is 0 Å². The second-order valence-electron chi connectivity index (χ2n) is 5.97. The van der Waals surface area contributed by atoms with E-state index >= 15 is 0 Å². The Labute approximate surface area is 158 Å². The maximum Gasteiger partial charge on any atom is 0.407 e. The average molecular weight is 393 g/mol. The Bertz CT molecular complexity index is 909. The number of hydrogen-bond donors (Lipinski definition) is 2. The first-order valence-electron chi connectivity index (χ1n) is 8.08. The third kappa shape index (κ3) is 4.09. The molecule has 0 radical (unpaired) electrons. The lowest BCUT2D eigenvalue weighted by Crippen LogP contribution is -2.35. The summed E-state index contributed by atoms with van der Waals surface area (Å²) in [6.45, 7) is 0.500. The second kappa shape index (κ2) is 7.75. The molecule has 2 aromatic rings. The number of anilines is 1. The van der Waals surface area contributed by atoms with Crippen molar-refractivity contribution < 1.29 is 23.5 Å². The maximum absolute atomic E-state index is 13.7. The van der Waals surface area contributed by atoms with Gasteiger partial charge in [0, 0.05) is 23.7 Å². The molecule has 2 aromatic carbocycles. The Morgan fingerprint density at radius 3 is 2.30 bits per heavy atom. The Kier molecular flexibility index (Phi) is 5.41. The zero-order valence-corrected chi connectivity index (χ0v) is 14.8. The Morgan fingerprint density at radius 2 is 1.70 bits per heavy atom. The van der Waals surface area contributed by atoms with Crippen molar-refractivity contribution in [1.82, 2.24) is 4.90 Å². The van der Waals surface area contributed by atoms with Gasteiger partial charge in [0.05, 0.1) is 6.54 Å². The van der Waals surface area contributed by atoms with Gasteiger partial charge in [-0.15, -0.1) is 0 Å². The van der Waals surface area contributed by atoms with E-state index in [1.165, 1.54) is 11.0 Å². The average Bonchev–Trinajstić information content (AvgIpc) is 2.62. The molecule has 0 saturated carbocycles. The van der Waals surface area contributed by atoms with E-state index in [0.717, 1.165) is 12.1 Å². The number of hydrogen-bond acceptors (Lipinski definition) is 2. The van der Waals surface area contributed by atoms with Gasteiger partial charge in [-0.1, -0.05) is 29.8 Å². The molecular formula is C19H15ClF2N2O3. The second-order valence-corrected chi connectivity index (χ2v) is 6.42. The Balaban J connectivity index is 1.78. The molecule has 8 heteroatoms. The molecule has 0 saturated heterocycles. The van der Waals surface area contributed by atoms with E-state index in [1.54, 1.807) is 24.3 Å². The van der Waals surface area contributed by atoms with Gasteiger partial charge < -0.3 is 15.3 Å². The lowest BCUT2D eigenvalue weighted by atomic mass is 10.0. The lowest BCUT2D eigenvalue weighted by molar-refractivity contribution is 0.101. The fourth-order valence-corrected chi connectivity index (χ4v) is 3.07. The summed E-state index contributed by atoms with van der Waals surface area (Å²) < 4.78 is 27.4. The molecule has 0 atom stereocenters. The maximum atomic E-state index is 13.7. The molecule has 5 nitrogen and oxygen atoms in total. The number of rotatable bonds is 3. The predicted octanol–water partition coefficient (Wildman–Crippen LogP) is 4.55. The van der Waals surface area contributed by atoms with Crippen molar-refractivity contribution in [2.45, 2.75) is 6.42 Å². The van der Waals surface area contributed by atoms with E-state index in [2.05, 4.69) is 5.32 Å². The van der Waals surface area contributed by atoms with Gasteiger partial charge in [-0.25, -0.2) is 13.6 Å². The molecule has 2 amide bonds. The predicted molar refractivity (Wildman–Crippen MR) is 97.7 cm³/mol. The number of nitrogens with zero attached hydrogens (tertiary/aromatic N) is 1. The van der Waals surface area contributed by atoms with Gasteiger partial charge >= 0.3 is 6.09 Å². The summed E-state index contributed by atoms with van der Waals surface area (Å²) in [5.41, 5.74) is 1.08. The topological polar surface area (TPSA) is 69.6 Å². The highest BCUT2D eigenvalue weighted by atomic mass is 35.5. The van der Waals surface area contributed by atoms with Gasteiger partial charge in [0.15, 0.2) is 0 Å². The van der Waals surface area contributed by atoms with E-state index < -0.39 is 29.2 Å². The summed E-state index contributed by atoms with van der Waals surface area (Å²) in [5, 5.41) is 12.2. The molecule has 1 aliphatic heterocycles. The summed E-state index contributed by atoms with van der Waals surface area (Å²) in [4.78, 5) is 24.5. The van der Waals surface area contributed by atoms with E-state index in [9.17, 15) is 18.4 Å². The molecule has 140 valence electrons. The normalized spacial score (nSPS) is 14.3. The third-order valence-electron chi connectivity index (χ3n) is 4.23. The number of halogens is 3. The minimum atomic E-state index is -1.02. The van der Waals surface area contributed by atoms with E-state index in [-0.39, 0.29) is 6.54 Å². The van der Waals surface area contributed by atoms with Gasteiger partial charge in [0.25, 0.3) is 5.91 Å². The molecule has 0 spiro atoms. The van der Waals surface area contributed by atoms with Crippen LogP contribution in [0.4, 0.5) is 19.3 Å². The summed E-state index contributed by atoms with van der Waals surface area (Å²) >= 11 is 6.23. The summed E-state index contributed by atoms with van der Waals surface area (Å²) in [6.07, 6.45) is -0.596. The van der Waals surface area contributed by atoms with Gasteiger partial charge in [-0.2, -0.15) is 0 Å². The van der Waals surface area contributed by atoms with Crippen molar-refractivity contribution in [3.63, 3.8) is 0 Å². The minimum Gasteiger partial charge on any atom is -0.465 e. The molecule has 0 aromatic heterocycles. The monoisotopic (exact) mass is 392 g/mol. The lowest BCUT2D eigenvalue weighted by Gasteiger charge is -2.27. The van der Waals surface area contributed by atoms with Crippen LogP contribution >= 0.6 is 11.6 Å². The number of carbonyl (C=O) groups is 2. The van der Waals surface area contributed by atoms with Crippen LogP contribution in [0.15, 0.2) is 47.5 Å². The first-order valence-corrected chi connectivity index (χ1v) is 8.46. The highest BCUT2D eigenvalue weighted by Gasteiger charge is 2.22. The first-order chi connectivity index (χ1) is 12.9. The summed E-state index contributed by atoms with van der Waals surface area (Å²) in [6, 6.07) is 9.64. The number of nitrogens with one attached hydrogen (secondary N) is 1. The zero-order valence-electron chi connectivity index (χ0n) is 14.0. The highest BCUT2D eigenvalue weighted by molar-refractivity contribution is 6.33. The third-order valence-corrected chi connectivity index (χ3v) is 4.65. The van der Waals surface area contributed by atoms with Crippen molar-refractivity contribution in [2.75, 3.05) is 18.4 Å². The SMILES string of the molecule is O=C(Nc1ccc(C2=C(Cl)CCN(C(=O)O)C2)cc1)c1c(F)cccc1F. The number of carbonyl (C=O) groups excluding carboxylic acids is 1. The molecule has 3 rings (SSSR count).